The number of carbonyl (C=O) groups excluding carboxylic acids is 1. The molecule has 0 aliphatic carbocycles. The third-order valence-electron chi connectivity index (χ3n) is 5.06. The van der Waals surface area contributed by atoms with Crippen LogP contribution in [0, 0.1) is 5.82 Å². The van der Waals surface area contributed by atoms with Gasteiger partial charge in [0.1, 0.15) is 23.7 Å². The molecule has 0 radical (unpaired) electrons. The molecule has 1 saturated heterocycles. The van der Waals surface area contributed by atoms with Crippen LogP contribution in [0.15, 0.2) is 54.9 Å². The largest absolute Gasteiger partial charge is 0.439 e. The summed E-state index contributed by atoms with van der Waals surface area (Å²) in [4.78, 5) is 25.3. The summed E-state index contributed by atoms with van der Waals surface area (Å²) in [6.45, 7) is 3.70. The third kappa shape index (κ3) is 4.73. The molecule has 2 heterocycles. The van der Waals surface area contributed by atoms with Gasteiger partial charge in [0, 0.05) is 37.8 Å². The molecule has 0 N–H and O–H groups in total. The number of hydrogen-bond donors (Lipinski definition) is 0. The minimum Gasteiger partial charge on any atom is -0.439 e. The van der Waals surface area contributed by atoms with E-state index in [-0.39, 0.29) is 17.0 Å². The summed E-state index contributed by atoms with van der Waals surface area (Å²) in [5.74, 6) is 0.762. The Morgan fingerprint density at radius 2 is 1.90 bits per heavy atom. The smallest absolute Gasteiger partial charge is 0.255 e. The first kappa shape index (κ1) is 21.3. The Morgan fingerprint density at radius 1 is 1.10 bits per heavy atom. The number of carbonyl (C=O) groups is 1. The monoisotopic (exact) mass is 460 g/mol. The van der Waals surface area contributed by atoms with E-state index in [0.29, 0.717) is 47.7 Å². The van der Waals surface area contributed by atoms with Gasteiger partial charge in [0.15, 0.2) is 0 Å². The highest BCUT2D eigenvalue weighted by atomic mass is 35.5. The van der Waals surface area contributed by atoms with Gasteiger partial charge < -0.3 is 14.5 Å². The fraction of sp³-hybridized carbons (Fsp3) is 0.227. The molecule has 31 heavy (non-hydrogen) atoms. The van der Waals surface area contributed by atoms with Crippen molar-refractivity contribution in [2.75, 3.05) is 24.5 Å². The van der Waals surface area contributed by atoms with Crippen molar-refractivity contribution in [2.24, 2.45) is 0 Å². The van der Waals surface area contributed by atoms with E-state index < -0.39 is 5.82 Å². The zero-order valence-corrected chi connectivity index (χ0v) is 18.1. The number of rotatable bonds is 4. The Morgan fingerprint density at radius 3 is 2.65 bits per heavy atom. The van der Waals surface area contributed by atoms with Crippen LogP contribution in [-0.2, 0) is 0 Å². The Balaban J connectivity index is 1.45. The molecule has 0 saturated carbocycles. The average Bonchev–Trinajstić information content (AvgIpc) is 2.76. The first-order valence-electron chi connectivity index (χ1n) is 9.68. The van der Waals surface area contributed by atoms with Gasteiger partial charge in [-0.1, -0.05) is 35.3 Å². The van der Waals surface area contributed by atoms with Crippen LogP contribution in [0.5, 0.6) is 11.6 Å². The molecule has 0 bridgehead atoms. The lowest BCUT2D eigenvalue weighted by atomic mass is 10.1. The highest BCUT2D eigenvalue weighted by molar-refractivity contribution is 6.33. The SMILES string of the molecule is CC1CN(c2cc(Oc3ccc(F)c(Cl)c3)ncn2)CCN1C(=O)c1ccccc1Cl. The molecule has 1 aliphatic heterocycles. The van der Waals surface area contributed by atoms with E-state index in [1.165, 1.54) is 24.5 Å². The highest BCUT2D eigenvalue weighted by Gasteiger charge is 2.29. The molecule has 2 aromatic carbocycles. The highest BCUT2D eigenvalue weighted by Crippen LogP contribution is 2.27. The van der Waals surface area contributed by atoms with Gasteiger partial charge in [0.2, 0.25) is 5.88 Å². The Hall–Kier alpha value is -2.90. The molecule has 6 nitrogen and oxygen atoms in total. The van der Waals surface area contributed by atoms with Crippen molar-refractivity contribution in [3.05, 3.63) is 76.3 Å². The Kier molecular flexibility index (Phi) is 6.25. The van der Waals surface area contributed by atoms with Crippen LogP contribution in [0.2, 0.25) is 10.0 Å². The van der Waals surface area contributed by atoms with Crippen LogP contribution in [-0.4, -0.2) is 46.5 Å². The molecule has 1 aliphatic rings. The van der Waals surface area contributed by atoms with E-state index >= 15 is 0 Å². The van der Waals surface area contributed by atoms with Gasteiger partial charge >= 0.3 is 0 Å². The van der Waals surface area contributed by atoms with Gasteiger partial charge in [-0.15, -0.1) is 0 Å². The number of halogens is 3. The molecule has 1 aromatic heterocycles. The number of anilines is 1. The van der Waals surface area contributed by atoms with Crippen LogP contribution in [0.4, 0.5) is 10.2 Å². The predicted molar refractivity (Wildman–Crippen MR) is 118 cm³/mol. The quantitative estimate of drug-likeness (QED) is 0.544. The minimum atomic E-state index is -0.518. The van der Waals surface area contributed by atoms with Crippen LogP contribution >= 0.6 is 23.2 Å². The van der Waals surface area contributed by atoms with Crippen molar-refractivity contribution in [2.45, 2.75) is 13.0 Å². The molecule has 1 fully saturated rings. The summed E-state index contributed by atoms with van der Waals surface area (Å²) in [5, 5.41) is 0.417. The molecule has 1 unspecified atom stereocenters. The van der Waals surface area contributed by atoms with Crippen molar-refractivity contribution in [1.29, 1.82) is 0 Å². The van der Waals surface area contributed by atoms with Gasteiger partial charge in [-0.25, -0.2) is 14.4 Å². The van der Waals surface area contributed by atoms with Gasteiger partial charge in [-0.05, 0) is 31.2 Å². The van der Waals surface area contributed by atoms with E-state index in [1.807, 2.05) is 11.8 Å². The first-order valence-corrected chi connectivity index (χ1v) is 10.4. The standard InChI is InChI=1S/C22H19Cl2FN4O2/c1-14-12-28(8-9-29(14)22(30)16-4-2-3-5-17(16)23)20-11-21(27-13-26-20)31-15-6-7-19(25)18(24)10-15/h2-7,10-11,13-14H,8-9,12H2,1H3. The first-order chi connectivity index (χ1) is 14.9. The molecule has 3 aromatic rings. The van der Waals surface area contributed by atoms with E-state index in [2.05, 4.69) is 14.9 Å². The van der Waals surface area contributed by atoms with Crippen molar-refractivity contribution in [3.63, 3.8) is 0 Å². The Bertz CT molecular complexity index is 1110. The van der Waals surface area contributed by atoms with Crippen LogP contribution < -0.4 is 9.64 Å². The fourth-order valence-electron chi connectivity index (χ4n) is 3.48. The molecule has 1 atom stereocenters. The number of hydrogen-bond acceptors (Lipinski definition) is 5. The maximum Gasteiger partial charge on any atom is 0.255 e. The number of benzene rings is 2. The minimum absolute atomic E-state index is 0.0279. The van der Waals surface area contributed by atoms with Gasteiger partial charge in [-0.2, -0.15) is 0 Å². The number of piperazine rings is 1. The normalized spacial score (nSPS) is 16.3. The van der Waals surface area contributed by atoms with Crippen molar-refractivity contribution >= 4 is 34.9 Å². The van der Waals surface area contributed by atoms with Gasteiger partial charge in [0.05, 0.1) is 15.6 Å². The summed E-state index contributed by atoms with van der Waals surface area (Å²) in [6, 6.07) is 12.8. The molecule has 0 spiro atoms. The summed E-state index contributed by atoms with van der Waals surface area (Å²) < 4.78 is 19.0. The zero-order chi connectivity index (χ0) is 22.0. The zero-order valence-electron chi connectivity index (χ0n) is 16.6. The third-order valence-corrected chi connectivity index (χ3v) is 5.68. The molecule has 160 valence electrons. The summed E-state index contributed by atoms with van der Waals surface area (Å²) in [7, 11) is 0. The summed E-state index contributed by atoms with van der Waals surface area (Å²) in [6.07, 6.45) is 1.40. The predicted octanol–water partition coefficient (Wildman–Crippen LogP) is 5.07. The lowest BCUT2D eigenvalue weighted by Gasteiger charge is -2.40. The molecular weight excluding hydrogens is 442 g/mol. The number of aromatic nitrogens is 2. The molecular formula is C22H19Cl2FN4O2. The second-order valence-corrected chi connectivity index (χ2v) is 7.98. The summed E-state index contributed by atoms with van der Waals surface area (Å²) in [5.41, 5.74) is 0.500. The second-order valence-electron chi connectivity index (χ2n) is 7.17. The van der Waals surface area contributed by atoms with Crippen LogP contribution in [0.3, 0.4) is 0 Å². The second kappa shape index (κ2) is 9.08. The lowest BCUT2D eigenvalue weighted by molar-refractivity contribution is 0.0674. The average molecular weight is 461 g/mol. The lowest BCUT2D eigenvalue weighted by Crippen LogP contribution is -2.54. The van der Waals surface area contributed by atoms with E-state index in [0.717, 1.165) is 0 Å². The molecule has 9 heteroatoms. The van der Waals surface area contributed by atoms with Crippen LogP contribution in [0.25, 0.3) is 0 Å². The Labute approximate surface area is 189 Å². The number of nitrogens with zero attached hydrogens (tertiary/aromatic N) is 4. The van der Waals surface area contributed by atoms with E-state index in [9.17, 15) is 9.18 Å². The van der Waals surface area contributed by atoms with Crippen molar-refractivity contribution in [3.8, 4) is 11.6 Å². The maximum atomic E-state index is 13.3. The van der Waals surface area contributed by atoms with Crippen LogP contribution in [0.1, 0.15) is 17.3 Å². The summed E-state index contributed by atoms with van der Waals surface area (Å²) >= 11 is 12.0. The number of ether oxygens (including phenoxy) is 1. The molecule has 4 rings (SSSR count). The fourth-order valence-corrected chi connectivity index (χ4v) is 3.86. The van der Waals surface area contributed by atoms with E-state index in [4.69, 9.17) is 27.9 Å². The van der Waals surface area contributed by atoms with Gasteiger partial charge in [-0.3, -0.25) is 4.79 Å². The molecule has 1 amide bonds. The van der Waals surface area contributed by atoms with E-state index in [1.54, 1.807) is 30.3 Å². The maximum absolute atomic E-state index is 13.3. The van der Waals surface area contributed by atoms with Crippen molar-refractivity contribution < 1.29 is 13.9 Å². The van der Waals surface area contributed by atoms with Crippen molar-refractivity contribution in [1.82, 2.24) is 14.9 Å². The van der Waals surface area contributed by atoms with Gasteiger partial charge in [0.25, 0.3) is 5.91 Å². The number of amides is 1. The topological polar surface area (TPSA) is 58.6 Å².